The molecule has 2 aromatic rings. The zero-order chi connectivity index (χ0) is 28.4. The van der Waals surface area contributed by atoms with Gasteiger partial charge in [-0.3, -0.25) is 10.1 Å². The minimum absolute atomic E-state index is 0.00530. The van der Waals surface area contributed by atoms with Crippen molar-refractivity contribution < 1.29 is 28.0 Å². The highest BCUT2D eigenvalue weighted by atomic mass is 35.5. The lowest BCUT2D eigenvalue weighted by Crippen LogP contribution is -2.52. The van der Waals surface area contributed by atoms with Gasteiger partial charge < -0.3 is 19.7 Å². The summed E-state index contributed by atoms with van der Waals surface area (Å²) in [5.41, 5.74) is -1.41. The monoisotopic (exact) mass is 579 g/mol. The molecule has 38 heavy (non-hydrogen) atoms. The molecule has 3 rings (SSSR count). The van der Waals surface area contributed by atoms with E-state index >= 15 is 8.78 Å². The number of ether oxygens (including phenoxy) is 2. The molecular formula is C22H29Cl2F2N7O5. The largest absolute Gasteiger partial charge is 0.472 e. The van der Waals surface area contributed by atoms with Crippen LogP contribution in [-0.4, -0.2) is 72.9 Å². The lowest BCUT2D eigenvalue weighted by Gasteiger charge is -2.38. The Morgan fingerprint density at radius 1 is 1.39 bits per heavy atom. The average molecular weight is 580 g/mol. The van der Waals surface area contributed by atoms with Crippen molar-refractivity contribution in [3.05, 3.63) is 32.3 Å². The average Bonchev–Trinajstić information content (AvgIpc) is 3.10. The maximum atomic E-state index is 15.2. The predicted molar refractivity (Wildman–Crippen MR) is 135 cm³/mol. The second kappa shape index (κ2) is 11.4. The van der Waals surface area contributed by atoms with Gasteiger partial charge in [0.2, 0.25) is 5.28 Å². The number of aromatic nitrogens is 4. The lowest BCUT2D eigenvalue weighted by atomic mass is 10.0. The second-order valence-electron chi connectivity index (χ2n) is 9.93. The number of halogens is 4. The minimum atomic E-state index is -3.42. The van der Waals surface area contributed by atoms with E-state index in [4.69, 9.17) is 32.7 Å². The minimum Gasteiger partial charge on any atom is -0.472 e. The number of nitrogens with one attached hydrogen (secondary N) is 1. The van der Waals surface area contributed by atoms with Crippen molar-refractivity contribution in [3.63, 3.8) is 0 Å². The first kappa shape index (κ1) is 29.6. The van der Waals surface area contributed by atoms with E-state index in [0.717, 1.165) is 9.58 Å². The molecule has 1 N–H and O–H groups in total. The SMILES string of the molecule is Cc1c([N+](=O)[O-])c(OCCC(C)Nc2nc(Cl)ncc2Cl)nn1C1CCN(C(=O)OC(C)(C)C)CC1(F)F. The van der Waals surface area contributed by atoms with Gasteiger partial charge in [-0.25, -0.2) is 23.2 Å². The second-order valence-corrected chi connectivity index (χ2v) is 10.7. The highest BCUT2D eigenvalue weighted by Crippen LogP contribution is 2.41. The van der Waals surface area contributed by atoms with Gasteiger partial charge in [-0.05, 0) is 52.6 Å². The number of alkyl halides is 2. The summed E-state index contributed by atoms with van der Waals surface area (Å²) in [6.45, 7) is 7.09. The molecule has 2 unspecified atom stereocenters. The van der Waals surface area contributed by atoms with Crippen LogP contribution in [0, 0.1) is 17.0 Å². The summed E-state index contributed by atoms with van der Waals surface area (Å²) in [4.78, 5) is 32.0. The Morgan fingerprint density at radius 3 is 2.68 bits per heavy atom. The molecule has 0 aliphatic carbocycles. The van der Waals surface area contributed by atoms with E-state index in [1.165, 1.54) is 13.1 Å². The molecule has 0 radical (unpaired) electrons. The Morgan fingerprint density at radius 2 is 2.08 bits per heavy atom. The molecule has 12 nitrogen and oxygen atoms in total. The number of anilines is 1. The zero-order valence-corrected chi connectivity index (χ0v) is 23.0. The first-order valence-electron chi connectivity index (χ1n) is 11.8. The van der Waals surface area contributed by atoms with E-state index in [-0.39, 0.29) is 47.5 Å². The quantitative estimate of drug-likeness (QED) is 0.251. The molecule has 1 aliphatic heterocycles. The van der Waals surface area contributed by atoms with E-state index in [2.05, 4.69) is 20.4 Å². The molecule has 0 saturated carbocycles. The van der Waals surface area contributed by atoms with Crippen molar-refractivity contribution in [2.75, 3.05) is 25.0 Å². The molecular weight excluding hydrogens is 551 g/mol. The lowest BCUT2D eigenvalue weighted by molar-refractivity contribution is -0.386. The van der Waals surface area contributed by atoms with Gasteiger partial charge in [0.15, 0.2) is 0 Å². The molecule has 2 aromatic heterocycles. The zero-order valence-electron chi connectivity index (χ0n) is 21.5. The number of nitro groups is 1. The van der Waals surface area contributed by atoms with Crippen LogP contribution in [0.5, 0.6) is 5.88 Å². The molecule has 0 spiro atoms. The van der Waals surface area contributed by atoms with Crippen molar-refractivity contribution in [1.82, 2.24) is 24.6 Å². The van der Waals surface area contributed by atoms with Gasteiger partial charge >= 0.3 is 17.7 Å². The van der Waals surface area contributed by atoms with Crippen LogP contribution in [0.15, 0.2) is 6.20 Å². The first-order chi connectivity index (χ1) is 17.6. The van der Waals surface area contributed by atoms with Crippen molar-refractivity contribution in [2.24, 2.45) is 0 Å². The van der Waals surface area contributed by atoms with Gasteiger partial charge in [0.05, 0.1) is 24.3 Å². The number of carbonyl (C=O) groups is 1. The van der Waals surface area contributed by atoms with Gasteiger partial charge in [0, 0.05) is 19.0 Å². The Hall–Kier alpha value is -3.00. The highest BCUT2D eigenvalue weighted by Gasteiger charge is 2.49. The smallest absolute Gasteiger partial charge is 0.410 e. The summed E-state index contributed by atoms with van der Waals surface area (Å²) in [5, 5.41) is 19.1. The van der Waals surface area contributed by atoms with Crippen LogP contribution in [0.25, 0.3) is 0 Å². The van der Waals surface area contributed by atoms with Crippen LogP contribution in [0.3, 0.4) is 0 Å². The number of likely N-dealkylation sites (tertiary alicyclic amines) is 1. The summed E-state index contributed by atoms with van der Waals surface area (Å²) in [5.74, 6) is -3.48. The molecule has 0 bridgehead atoms. The van der Waals surface area contributed by atoms with Crippen LogP contribution in [0.4, 0.5) is 25.1 Å². The summed E-state index contributed by atoms with van der Waals surface area (Å²) < 4.78 is 42.1. The van der Waals surface area contributed by atoms with Crippen LogP contribution >= 0.6 is 23.2 Å². The number of piperidine rings is 1. The third-order valence-corrected chi connectivity index (χ3v) is 6.12. The normalized spacial score (nSPS) is 18.1. The highest BCUT2D eigenvalue weighted by molar-refractivity contribution is 6.33. The van der Waals surface area contributed by atoms with Gasteiger partial charge in [-0.15, -0.1) is 5.10 Å². The molecule has 0 aromatic carbocycles. The molecule has 210 valence electrons. The number of rotatable bonds is 8. The van der Waals surface area contributed by atoms with Crippen LogP contribution in [0.2, 0.25) is 10.3 Å². The number of carbonyl (C=O) groups excluding carboxylic acids is 1. The summed E-state index contributed by atoms with van der Waals surface area (Å²) in [7, 11) is 0. The summed E-state index contributed by atoms with van der Waals surface area (Å²) in [6, 6.07) is -1.76. The summed E-state index contributed by atoms with van der Waals surface area (Å²) in [6.07, 6.45) is 0.644. The number of amides is 1. The van der Waals surface area contributed by atoms with Crippen molar-refractivity contribution in [1.29, 1.82) is 0 Å². The van der Waals surface area contributed by atoms with Gasteiger partial charge in [-0.1, -0.05) is 11.6 Å². The van der Waals surface area contributed by atoms with E-state index < -0.39 is 40.8 Å². The molecule has 1 amide bonds. The van der Waals surface area contributed by atoms with Crippen molar-refractivity contribution in [2.45, 2.75) is 71.1 Å². The third kappa shape index (κ3) is 7.10. The van der Waals surface area contributed by atoms with E-state index in [1.807, 2.05) is 0 Å². The number of nitrogens with zero attached hydrogens (tertiary/aromatic N) is 6. The fraction of sp³-hybridized carbons (Fsp3) is 0.636. The van der Waals surface area contributed by atoms with Gasteiger partial charge in [0.1, 0.15) is 28.2 Å². The van der Waals surface area contributed by atoms with Crippen LogP contribution in [-0.2, 0) is 4.74 Å². The maximum absolute atomic E-state index is 15.2. The third-order valence-electron chi connectivity index (χ3n) is 5.67. The van der Waals surface area contributed by atoms with Crippen LogP contribution < -0.4 is 10.1 Å². The number of hydrogen-bond acceptors (Lipinski definition) is 9. The van der Waals surface area contributed by atoms with Crippen LogP contribution in [0.1, 0.15) is 52.3 Å². The standard InChI is InChI=1S/C22H29Cl2F2N7O5/c1-12(28-17-14(23)10-27-19(24)29-17)7-9-37-18-16(33(35)36)13(2)32(30-18)15-6-8-31(11-22(15,25)26)20(34)38-21(3,4)5/h10,12,15H,6-9,11H2,1-5H3,(H,27,28,29). The van der Waals surface area contributed by atoms with Gasteiger partial charge in [0.25, 0.3) is 5.92 Å². The first-order valence-corrected chi connectivity index (χ1v) is 12.5. The Balaban J connectivity index is 1.70. The molecule has 1 aliphatic rings. The Bertz CT molecular complexity index is 1190. The fourth-order valence-electron chi connectivity index (χ4n) is 3.89. The molecule has 2 atom stereocenters. The van der Waals surface area contributed by atoms with E-state index in [1.54, 1.807) is 27.7 Å². The predicted octanol–water partition coefficient (Wildman–Crippen LogP) is 5.28. The number of hydrogen-bond donors (Lipinski definition) is 1. The Kier molecular flexibility index (Phi) is 8.86. The van der Waals surface area contributed by atoms with E-state index in [9.17, 15) is 14.9 Å². The Labute approximate surface area is 227 Å². The molecule has 3 heterocycles. The van der Waals surface area contributed by atoms with E-state index in [0.29, 0.717) is 12.2 Å². The van der Waals surface area contributed by atoms with Gasteiger partial charge in [-0.2, -0.15) is 4.98 Å². The topological polar surface area (TPSA) is 138 Å². The fourth-order valence-corrected chi connectivity index (χ4v) is 4.17. The molecule has 1 saturated heterocycles. The molecule has 16 heteroatoms. The van der Waals surface area contributed by atoms with Crippen molar-refractivity contribution >= 4 is 40.8 Å². The maximum Gasteiger partial charge on any atom is 0.410 e. The summed E-state index contributed by atoms with van der Waals surface area (Å²) >= 11 is 11.8. The molecule has 1 fully saturated rings. The van der Waals surface area contributed by atoms with Crippen molar-refractivity contribution in [3.8, 4) is 5.88 Å².